The van der Waals surface area contributed by atoms with E-state index in [4.69, 9.17) is 11.6 Å². The van der Waals surface area contributed by atoms with E-state index < -0.39 is 0 Å². The van der Waals surface area contributed by atoms with Gasteiger partial charge in [0, 0.05) is 22.5 Å². The molecule has 1 N–H and O–H groups in total. The highest BCUT2D eigenvalue weighted by Gasteiger charge is 2.14. The van der Waals surface area contributed by atoms with Crippen LogP contribution in [0.4, 0.5) is 5.69 Å². The minimum Gasteiger partial charge on any atom is -0.381 e. The van der Waals surface area contributed by atoms with Gasteiger partial charge < -0.3 is 5.32 Å². The summed E-state index contributed by atoms with van der Waals surface area (Å²) in [6, 6.07) is 8.55. The maximum Gasteiger partial charge on any atom is 0.0426 e. The van der Waals surface area contributed by atoms with Gasteiger partial charge in [-0.1, -0.05) is 17.7 Å². The van der Waals surface area contributed by atoms with Crippen molar-refractivity contribution in [2.75, 3.05) is 16.8 Å². The first-order valence-electron chi connectivity index (χ1n) is 4.44. The maximum atomic E-state index is 5.89. The summed E-state index contributed by atoms with van der Waals surface area (Å²) in [5, 5.41) is 4.28. The SMILES string of the molecule is Clc1cccc(N[C@H]2CCSC2)c1. The van der Waals surface area contributed by atoms with Crippen molar-refractivity contribution < 1.29 is 0 Å². The quantitative estimate of drug-likeness (QED) is 0.810. The fraction of sp³-hybridized carbons (Fsp3) is 0.400. The molecule has 0 saturated carbocycles. The maximum absolute atomic E-state index is 5.89. The Balaban J connectivity index is 2.00. The third-order valence-corrected chi connectivity index (χ3v) is 3.52. The monoisotopic (exact) mass is 213 g/mol. The molecule has 0 bridgehead atoms. The van der Waals surface area contributed by atoms with Crippen LogP contribution in [-0.2, 0) is 0 Å². The van der Waals surface area contributed by atoms with Crippen LogP contribution in [-0.4, -0.2) is 17.5 Å². The topological polar surface area (TPSA) is 12.0 Å². The molecule has 1 aromatic carbocycles. The van der Waals surface area contributed by atoms with Crippen molar-refractivity contribution in [3.05, 3.63) is 29.3 Å². The molecule has 1 atom stereocenters. The van der Waals surface area contributed by atoms with E-state index in [2.05, 4.69) is 11.4 Å². The van der Waals surface area contributed by atoms with Gasteiger partial charge in [-0.2, -0.15) is 11.8 Å². The molecular weight excluding hydrogens is 202 g/mol. The van der Waals surface area contributed by atoms with E-state index in [-0.39, 0.29) is 0 Å². The first-order chi connectivity index (χ1) is 6.34. The summed E-state index contributed by atoms with van der Waals surface area (Å²) in [4.78, 5) is 0. The van der Waals surface area contributed by atoms with E-state index >= 15 is 0 Å². The number of halogens is 1. The molecule has 70 valence electrons. The Hall–Kier alpha value is -0.340. The summed E-state index contributed by atoms with van der Waals surface area (Å²) >= 11 is 7.90. The van der Waals surface area contributed by atoms with Crippen molar-refractivity contribution in [1.82, 2.24) is 0 Å². The first kappa shape index (κ1) is 9.22. The van der Waals surface area contributed by atoms with Gasteiger partial charge >= 0.3 is 0 Å². The predicted molar refractivity (Wildman–Crippen MR) is 60.8 cm³/mol. The minimum absolute atomic E-state index is 0.628. The second-order valence-electron chi connectivity index (χ2n) is 3.22. The molecule has 0 unspecified atom stereocenters. The molecule has 1 nitrogen and oxygen atoms in total. The fourth-order valence-corrected chi connectivity index (χ4v) is 2.80. The summed E-state index contributed by atoms with van der Waals surface area (Å²) in [6.07, 6.45) is 1.26. The zero-order chi connectivity index (χ0) is 9.10. The van der Waals surface area contributed by atoms with E-state index in [9.17, 15) is 0 Å². The largest absolute Gasteiger partial charge is 0.381 e. The van der Waals surface area contributed by atoms with Crippen molar-refractivity contribution in [3.63, 3.8) is 0 Å². The number of rotatable bonds is 2. The Morgan fingerprint density at radius 1 is 1.46 bits per heavy atom. The highest BCUT2D eigenvalue weighted by Crippen LogP contribution is 2.22. The van der Waals surface area contributed by atoms with Crippen molar-refractivity contribution in [1.29, 1.82) is 0 Å². The van der Waals surface area contributed by atoms with E-state index in [0.29, 0.717) is 6.04 Å². The van der Waals surface area contributed by atoms with Gasteiger partial charge in [0.15, 0.2) is 0 Å². The Labute approximate surface area is 87.9 Å². The van der Waals surface area contributed by atoms with Gasteiger partial charge in [-0.3, -0.25) is 0 Å². The third-order valence-electron chi connectivity index (χ3n) is 2.13. The lowest BCUT2D eigenvalue weighted by atomic mass is 10.2. The summed E-state index contributed by atoms with van der Waals surface area (Å²) < 4.78 is 0. The first-order valence-corrected chi connectivity index (χ1v) is 5.98. The summed E-state index contributed by atoms with van der Waals surface area (Å²) in [5.74, 6) is 2.49. The molecule has 0 radical (unpaired) electrons. The fourth-order valence-electron chi connectivity index (χ4n) is 1.46. The van der Waals surface area contributed by atoms with E-state index in [1.807, 2.05) is 30.0 Å². The minimum atomic E-state index is 0.628. The van der Waals surface area contributed by atoms with Gasteiger partial charge in [-0.15, -0.1) is 0 Å². The normalized spacial score (nSPS) is 21.8. The second-order valence-corrected chi connectivity index (χ2v) is 4.80. The summed E-state index contributed by atoms with van der Waals surface area (Å²) in [5.41, 5.74) is 1.14. The van der Waals surface area contributed by atoms with Gasteiger partial charge in [0.25, 0.3) is 0 Å². The van der Waals surface area contributed by atoms with Crippen molar-refractivity contribution >= 4 is 29.1 Å². The van der Waals surface area contributed by atoms with Crippen LogP contribution < -0.4 is 5.32 Å². The second kappa shape index (κ2) is 4.25. The van der Waals surface area contributed by atoms with Gasteiger partial charge in [0.1, 0.15) is 0 Å². The standard InChI is InChI=1S/C10H12ClNS/c11-8-2-1-3-9(6-8)12-10-4-5-13-7-10/h1-3,6,10,12H,4-5,7H2/t10-/m0/s1. The van der Waals surface area contributed by atoms with Crippen LogP contribution in [0.5, 0.6) is 0 Å². The van der Waals surface area contributed by atoms with Gasteiger partial charge in [-0.05, 0) is 30.4 Å². The van der Waals surface area contributed by atoms with Crippen molar-refractivity contribution in [2.24, 2.45) is 0 Å². The van der Waals surface area contributed by atoms with Crippen LogP contribution in [0.15, 0.2) is 24.3 Å². The van der Waals surface area contributed by atoms with Crippen molar-refractivity contribution in [3.8, 4) is 0 Å². The Bertz CT molecular complexity index is 284. The van der Waals surface area contributed by atoms with Gasteiger partial charge in [0.2, 0.25) is 0 Å². The molecule has 0 aromatic heterocycles. The number of benzene rings is 1. The van der Waals surface area contributed by atoms with Gasteiger partial charge in [0.05, 0.1) is 0 Å². The number of nitrogens with one attached hydrogen (secondary N) is 1. The predicted octanol–water partition coefficient (Wildman–Crippen LogP) is 3.26. The average molecular weight is 214 g/mol. The molecule has 1 saturated heterocycles. The summed E-state index contributed by atoms with van der Waals surface area (Å²) in [6.45, 7) is 0. The Morgan fingerprint density at radius 3 is 3.08 bits per heavy atom. The average Bonchev–Trinajstić information content (AvgIpc) is 2.57. The molecule has 0 spiro atoms. The number of hydrogen-bond donors (Lipinski definition) is 1. The van der Waals surface area contributed by atoms with Crippen LogP contribution in [0.25, 0.3) is 0 Å². The van der Waals surface area contributed by atoms with Gasteiger partial charge in [-0.25, -0.2) is 0 Å². The molecule has 2 rings (SSSR count). The molecule has 13 heavy (non-hydrogen) atoms. The lowest BCUT2D eigenvalue weighted by molar-refractivity contribution is 0.813. The smallest absolute Gasteiger partial charge is 0.0426 e. The van der Waals surface area contributed by atoms with E-state index in [0.717, 1.165) is 10.7 Å². The van der Waals surface area contributed by atoms with Crippen LogP contribution >= 0.6 is 23.4 Å². The number of thioether (sulfide) groups is 1. The molecule has 1 fully saturated rings. The summed E-state index contributed by atoms with van der Waals surface area (Å²) in [7, 11) is 0. The number of hydrogen-bond acceptors (Lipinski definition) is 2. The Morgan fingerprint density at radius 2 is 2.38 bits per heavy atom. The van der Waals surface area contributed by atoms with Crippen LogP contribution in [0.1, 0.15) is 6.42 Å². The van der Waals surface area contributed by atoms with Crippen LogP contribution in [0, 0.1) is 0 Å². The van der Waals surface area contributed by atoms with Crippen molar-refractivity contribution in [2.45, 2.75) is 12.5 Å². The van der Waals surface area contributed by atoms with E-state index in [1.165, 1.54) is 17.9 Å². The third kappa shape index (κ3) is 2.55. The zero-order valence-electron chi connectivity index (χ0n) is 7.29. The lowest BCUT2D eigenvalue weighted by Gasteiger charge is -2.12. The Kier molecular flexibility index (Phi) is 3.01. The van der Waals surface area contributed by atoms with Crippen LogP contribution in [0.3, 0.4) is 0 Å². The molecular formula is C10H12ClNS. The highest BCUT2D eigenvalue weighted by molar-refractivity contribution is 7.99. The zero-order valence-corrected chi connectivity index (χ0v) is 8.87. The molecule has 0 amide bonds. The molecule has 1 aromatic rings. The molecule has 1 aliphatic heterocycles. The van der Waals surface area contributed by atoms with Crippen LogP contribution in [0.2, 0.25) is 5.02 Å². The highest BCUT2D eigenvalue weighted by atomic mass is 35.5. The molecule has 1 aliphatic rings. The van der Waals surface area contributed by atoms with E-state index in [1.54, 1.807) is 0 Å². The number of anilines is 1. The molecule has 0 aliphatic carbocycles. The molecule has 3 heteroatoms. The lowest BCUT2D eigenvalue weighted by Crippen LogP contribution is -2.17. The molecule has 1 heterocycles.